The predicted octanol–water partition coefficient (Wildman–Crippen LogP) is 5.80. The summed E-state index contributed by atoms with van der Waals surface area (Å²) in [5.74, 6) is -1.57. The summed E-state index contributed by atoms with van der Waals surface area (Å²) in [5, 5.41) is 17.5. The zero-order valence-electron chi connectivity index (χ0n) is 29.8. The van der Waals surface area contributed by atoms with Crippen LogP contribution in [0.1, 0.15) is 89.8 Å². The summed E-state index contributed by atoms with van der Waals surface area (Å²) in [6.07, 6.45) is -1.09. The highest BCUT2D eigenvalue weighted by Gasteiger charge is 2.44. The summed E-state index contributed by atoms with van der Waals surface area (Å²) in [5.41, 5.74) is 2.40. The number of ether oxygens (including phenoxy) is 2. The van der Waals surface area contributed by atoms with Gasteiger partial charge in [0.15, 0.2) is 5.76 Å². The third kappa shape index (κ3) is 8.81. The van der Waals surface area contributed by atoms with E-state index in [1.807, 2.05) is 57.5 Å². The van der Waals surface area contributed by atoms with Crippen molar-refractivity contribution in [3.63, 3.8) is 0 Å². The lowest BCUT2D eigenvalue weighted by Crippen LogP contribution is -2.48. The molecule has 5 rings (SSSR count). The van der Waals surface area contributed by atoms with Crippen molar-refractivity contribution < 1.29 is 37.9 Å². The summed E-state index contributed by atoms with van der Waals surface area (Å²) in [6.45, 7) is 13.0. The van der Waals surface area contributed by atoms with Gasteiger partial charge in [0.2, 0.25) is 11.8 Å². The number of hydrogen-bond donors (Lipinski definition) is 2. The number of rotatable bonds is 10. The van der Waals surface area contributed by atoms with Gasteiger partial charge in [-0.1, -0.05) is 38.1 Å². The normalized spacial score (nSPS) is 20.4. The number of amides is 3. The molecule has 0 saturated carbocycles. The molecule has 2 saturated heterocycles. The average Bonchev–Trinajstić information content (AvgIpc) is 3.79. The average molecular weight is 714 g/mol. The molecule has 2 aliphatic rings. The Labute approximate surface area is 296 Å². The Bertz CT molecular complexity index is 1640. The molecule has 4 heterocycles. The first-order valence-corrected chi connectivity index (χ1v) is 18.0. The predicted molar refractivity (Wildman–Crippen MR) is 185 cm³/mol. The number of β-amino-alcohol motifs (C(OH)–C–C–N with tert-alkyl or cyclic N) is 1. The third-order valence-corrected chi connectivity index (χ3v) is 10.2. The van der Waals surface area contributed by atoms with Gasteiger partial charge in [0, 0.05) is 45.0 Å². The number of aliphatic hydroxyl groups is 1. The van der Waals surface area contributed by atoms with Gasteiger partial charge in [-0.2, -0.15) is 0 Å². The number of aromatic nitrogens is 2. The monoisotopic (exact) mass is 713 g/mol. The fourth-order valence-corrected chi connectivity index (χ4v) is 7.18. The molecule has 0 spiro atoms. The molecule has 3 aromatic rings. The number of carbonyl (C=O) groups is 3. The number of nitrogens with zero attached hydrogens (tertiary/aromatic N) is 4. The number of aliphatic hydroxyl groups excluding tert-OH is 1. The van der Waals surface area contributed by atoms with Gasteiger partial charge < -0.3 is 34.2 Å². The minimum atomic E-state index is -1.68. The van der Waals surface area contributed by atoms with Gasteiger partial charge in [0.05, 0.1) is 28.2 Å². The first-order valence-electron chi connectivity index (χ1n) is 17.1. The van der Waals surface area contributed by atoms with E-state index in [9.17, 15) is 19.5 Å². The highest BCUT2D eigenvalue weighted by Crippen LogP contribution is 2.34. The van der Waals surface area contributed by atoms with Gasteiger partial charge in [0.25, 0.3) is 5.88 Å². The van der Waals surface area contributed by atoms with E-state index in [2.05, 4.69) is 15.5 Å². The van der Waals surface area contributed by atoms with E-state index in [1.165, 1.54) is 15.9 Å². The molecule has 1 aromatic carbocycles. The fourth-order valence-electron chi connectivity index (χ4n) is 6.37. The molecule has 12 nitrogen and oxygen atoms in total. The number of likely N-dealkylation sites (tertiary alicyclic amines) is 2. The van der Waals surface area contributed by atoms with Crippen LogP contribution in [0.15, 0.2) is 40.4 Å². The quantitative estimate of drug-likeness (QED) is 0.266. The summed E-state index contributed by atoms with van der Waals surface area (Å²) < 4.78 is 32.2. The number of thiazole rings is 1. The molecule has 0 unspecified atom stereocenters. The lowest BCUT2D eigenvalue weighted by Gasteiger charge is -2.36. The van der Waals surface area contributed by atoms with Crippen LogP contribution < -0.4 is 10.1 Å². The number of aryl methyl sites for hydroxylation is 1. The second kappa shape index (κ2) is 15.1. The summed E-state index contributed by atoms with van der Waals surface area (Å²) in [4.78, 5) is 48.3. The van der Waals surface area contributed by atoms with Crippen molar-refractivity contribution in [2.24, 2.45) is 5.92 Å². The van der Waals surface area contributed by atoms with Gasteiger partial charge in [-0.3, -0.25) is 9.59 Å². The van der Waals surface area contributed by atoms with E-state index in [0.717, 1.165) is 21.7 Å². The molecule has 272 valence electrons. The number of hydrogen-bond acceptors (Lipinski definition) is 10. The summed E-state index contributed by atoms with van der Waals surface area (Å²) in [6, 6.07) is 8.17. The van der Waals surface area contributed by atoms with Crippen molar-refractivity contribution in [2.75, 3.05) is 26.2 Å². The maximum absolute atomic E-state index is 15.6. The largest absolute Gasteiger partial charge is 0.472 e. The molecule has 0 bridgehead atoms. The van der Waals surface area contributed by atoms with Crippen LogP contribution in [0.3, 0.4) is 0 Å². The van der Waals surface area contributed by atoms with Gasteiger partial charge in [-0.15, -0.1) is 11.3 Å². The minimum Gasteiger partial charge on any atom is -0.472 e. The Morgan fingerprint density at radius 2 is 1.84 bits per heavy atom. The molecule has 2 aromatic heterocycles. The Balaban J connectivity index is 1.19. The topological polar surface area (TPSA) is 147 Å². The number of benzene rings is 1. The first kappa shape index (κ1) is 37.2. The van der Waals surface area contributed by atoms with Crippen molar-refractivity contribution in [3.8, 4) is 16.3 Å². The molecule has 2 aliphatic heterocycles. The summed E-state index contributed by atoms with van der Waals surface area (Å²) >= 11 is 1.57. The van der Waals surface area contributed by atoms with Crippen LogP contribution in [-0.4, -0.2) is 92.6 Å². The molecule has 2 fully saturated rings. The van der Waals surface area contributed by atoms with Crippen molar-refractivity contribution >= 4 is 29.2 Å². The van der Waals surface area contributed by atoms with Crippen molar-refractivity contribution in [1.29, 1.82) is 0 Å². The highest BCUT2D eigenvalue weighted by atomic mass is 32.1. The Morgan fingerprint density at radius 3 is 2.44 bits per heavy atom. The maximum Gasteiger partial charge on any atom is 0.410 e. The second-order valence-corrected chi connectivity index (χ2v) is 15.6. The molecular formula is C36H48FN5O7S. The lowest BCUT2D eigenvalue weighted by atomic mass is 9.91. The zero-order chi connectivity index (χ0) is 36.4. The van der Waals surface area contributed by atoms with Crippen LogP contribution in [0.4, 0.5) is 9.18 Å². The van der Waals surface area contributed by atoms with Crippen LogP contribution in [0.2, 0.25) is 0 Å². The number of alkyl halides is 1. The molecule has 14 heteroatoms. The molecule has 50 heavy (non-hydrogen) atoms. The molecule has 3 amide bonds. The lowest BCUT2D eigenvalue weighted by molar-refractivity contribution is -0.141. The van der Waals surface area contributed by atoms with Crippen LogP contribution >= 0.6 is 11.3 Å². The molecule has 2 N–H and O–H groups in total. The van der Waals surface area contributed by atoms with E-state index in [1.54, 1.807) is 32.1 Å². The van der Waals surface area contributed by atoms with Gasteiger partial charge >= 0.3 is 6.09 Å². The van der Waals surface area contributed by atoms with Gasteiger partial charge in [-0.05, 0) is 56.8 Å². The SMILES string of the molecule is Cc1ncsc1-c1ccc([C@H](C)NC(=O)[C@@H]2C[C@@H](O)CN2C(=O)[C@H](c2cc(OCC3(F)CCN(C(=O)OC(C)(C)C)CC3)no2)C(C)C)cc1. The van der Waals surface area contributed by atoms with Crippen molar-refractivity contribution in [1.82, 2.24) is 25.3 Å². The molecule has 0 radical (unpaired) electrons. The maximum atomic E-state index is 15.6. The summed E-state index contributed by atoms with van der Waals surface area (Å²) in [7, 11) is 0. The number of nitrogens with one attached hydrogen (secondary N) is 1. The van der Waals surface area contributed by atoms with E-state index in [0.29, 0.717) is 0 Å². The number of halogens is 1. The Kier molecular flexibility index (Phi) is 11.2. The standard InChI is InChI=1S/C36H48FN5O7S/c1-21(2)30(28-17-29(40-49-28)47-19-36(37)12-14-41(15-13-36)34(46)48-35(5,6)7)33(45)42-18-26(43)16-27(42)32(44)39-22(3)24-8-10-25(11-9-24)31-23(4)38-20-50-31/h8-11,17,20-22,26-27,30,43H,12-16,18-19H2,1-7H3,(H,39,44)/t22-,26+,27-,30-/m0/s1. The van der Waals surface area contributed by atoms with Gasteiger partial charge in [-0.25, -0.2) is 14.2 Å². The van der Waals surface area contributed by atoms with Crippen LogP contribution in [-0.2, 0) is 14.3 Å². The van der Waals surface area contributed by atoms with Gasteiger partial charge in [0.1, 0.15) is 29.8 Å². The molecule has 0 aliphatic carbocycles. The molecule has 4 atom stereocenters. The Hall–Kier alpha value is -4.04. The second-order valence-electron chi connectivity index (χ2n) is 14.7. The van der Waals surface area contributed by atoms with E-state index in [4.69, 9.17) is 14.0 Å². The fraction of sp³-hybridized carbons (Fsp3) is 0.583. The van der Waals surface area contributed by atoms with Crippen LogP contribution in [0.5, 0.6) is 5.88 Å². The minimum absolute atomic E-state index is 0.000400. The third-order valence-electron chi connectivity index (χ3n) is 9.18. The Morgan fingerprint density at radius 1 is 1.16 bits per heavy atom. The van der Waals surface area contributed by atoms with E-state index < -0.39 is 35.4 Å². The van der Waals surface area contributed by atoms with E-state index in [-0.39, 0.29) is 80.9 Å². The van der Waals surface area contributed by atoms with E-state index >= 15 is 4.39 Å². The van der Waals surface area contributed by atoms with Crippen LogP contribution in [0.25, 0.3) is 10.4 Å². The van der Waals surface area contributed by atoms with Crippen molar-refractivity contribution in [2.45, 2.75) is 103 Å². The molecular weight excluding hydrogens is 665 g/mol. The smallest absolute Gasteiger partial charge is 0.410 e. The first-order chi connectivity index (χ1) is 23.5. The number of carbonyl (C=O) groups excluding carboxylic acids is 3. The highest BCUT2D eigenvalue weighted by molar-refractivity contribution is 7.13. The van der Waals surface area contributed by atoms with Crippen molar-refractivity contribution in [3.05, 3.63) is 52.9 Å². The van der Waals surface area contributed by atoms with Crippen LogP contribution in [0, 0.1) is 12.8 Å². The zero-order valence-corrected chi connectivity index (χ0v) is 30.6. The number of piperidine rings is 1.